The molecule has 0 bridgehead atoms. The van der Waals surface area contributed by atoms with Crippen LogP contribution in [0.25, 0.3) is 0 Å². The van der Waals surface area contributed by atoms with Crippen molar-refractivity contribution in [2.24, 2.45) is 0 Å². The Bertz CT molecular complexity index is 896. The summed E-state index contributed by atoms with van der Waals surface area (Å²) < 4.78 is 99.9. The molecule has 300 valence electrons. The molecule has 0 aliphatic carbocycles. The Morgan fingerprint density at radius 1 is 0.442 bits per heavy atom. The van der Waals surface area contributed by atoms with Crippen LogP contribution in [-0.2, 0) is 48.7 Å². The molecular formula is C36H70Na2O12S2. The molecular weight excluding hydrogens is 734 g/mol. The molecule has 0 fully saturated rings. The molecule has 0 radical (unpaired) electrons. The molecule has 2 unspecified atom stereocenters. The fourth-order valence-corrected chi connectivity index (χ4v) is 5.98. The number of ether oxygens (including phenoxy) is 6. The molecule has 0 saturated heterocycles. The van der Waals surface area contributed by atoms with Crippen molar-refractivity contribution in [2.45, 2.75) is 142 Å². The molecule has 0 amide bonds. The summed E-state index contributed by atoms with van der Waals surface area (Å²) >= 11 is 0. The van der Waals surface area contributed by atoms with Crippen molar-refractivity contribution in [3.63, 3.8) is 0 Å². The number of rotatable bonds is 40. The van der Waals surface area contributed by atoms with Crippen LogP contribution in [0.2, 0.25) is 0 Å². The van der Waals surface area contributed by atoms with Crippen LogP contribution in [0.4, 0.5) is 0 Å². The molecule has 16 heteroatoms. The zero-order valence-corrected chi connectivity index (χ0v) is 38.9. The van der Waals surface area contributed by atoms with Gasteiger partial charge in [-0.25, -0.2) is 16.8 Å². The molecule has 0 spiro atoms. The SMILES string of the molecule is CCCCCCCCCCOCC(COC/C=C\COCC(COCCCCCCCCCC)OCCCS(=O)(=O)[O-])OCCCS(=O)(=O)[O-].[Na+].[Na+]. The van der Waals surface area contributed by atoms with Crippen molar-refractivity contribution in [1.29, 1.82) is 0 Å². The van der Waals surface area contributed by atoms with Crippen LogP contribution in [0.3, 0.4) is 0 Å². The van der Waals surface area contributed by atoms with Crippen LogP contribution in [-0.4, -0.2) is 116 Å². The molecule has 0 aliphatic rings. The van der Waals surface area contributed by atoms with E-state index in [0.717, 1.165) is 25.7 Å². The topological polar surface area (TPSA) is 170 Å². The van der Waals surface area contributed by atoms with E-state index in [-0.39, 0.29) is 111 Å². The molecule has 0 aromatic carbocycles. The molecule has 0 rings (SSSR count). The van der Waals surface area contributed by atoms with Crippen molar-refractivity contribution in [3.05, 3.63) is 12.2 Å². The van der Waals surface area contributed by atoms with Gasteiger partial charge in [-0.15, -0.1) is 0 Å². The van der Waals surface area contributed by atoms with Crippen molar-refractivity contribution in [1.82, 2.24) is 0 Å². The Labute approximate surface area is 362 Å². The minimum atomic E-state index is -4.28. The molecule has 0 aromatic rings. The Morgan fingerprint density at radius 3 is 1.08 bits per heavy atom. The maximum Gasteiger partial charge on any atom is 1.00 e. The number of unbranched alkanes of at least 4 members (excludes halogenated alkanes) is 14. The van der Waals surface area contributed by atoms with E-state index < -0.39 is 31.7 Å². The molecule has 0 aliphatic heterocycles. The van der Waals surface area contributed by atoms with Crippen LogP contribution < -0.4 is 59.1 Å². The smallest absolute Gasteiger partial charge is 0.748 e. The van der Waals surface area contributed by atoms with Gasteiger partial charge < -0.3 is 37.5 Å². The Morgan fingerprint density at radius 2 is 0.750 bits per heavy atom. The van der Waals surface area contributed by atoms with E-state index in [0.29, 0.717) is 39.6 Å². The normalized spacial score (nSPS) is 13.2. The minimum absolute atomic E-state index is 0. The molecule has 0 aromatic heterocycles. The van der Waals surface area contributed by atoms with E-state index in [9.17, 15) is 25.9 Å². The average Bonchev–Trinajstić information content (AvgIpc) is 3.06. The second kappa shape index (κ2) is 41.9. The van der Waals surface area contributed by atoms with Gasteiger partial charge in [-0.1, -0.05) is 116 Å². The molecule has 0 N–H and O–H groups in total. The second-order valence-corrected chi connectivity index (χ2v) is 15.9. The summed E-state index contributed by atoms with van der Waals surface area (Å²) in [5.74, 6) is -0.941. The van der Waals surface area contributed by atoms with Crippen molar-refractivity contribution in [2.75, 3.05) is 77.6 Å². The van der Waals surface area contributed by atoms with Crippen molar-refractivity contribution in [3.8, 4) is 0 Å². The van der Waals surface area contributed by atoms with Gasteiger partial charge in [-0.3, -0.25) is 0 Å². The first-order chi connectivity index (χ1) is 24.1. The van der Waals surface area contributed by atoms with Gasteiger partial charge in [-0.05, 0) is 25.7 Å². The zero-order chi connectivity index (χ0) is 37.0. The monoisotopic (exact) mass is 804 g/mol. The first kappa shape index (κ1) is 57.6. The predicted octanol–water partition coefficient (Wildman–Crippen LogP) is 0.539. The summed E-state index contributed by atoms with van der Waals surface area (Å²) in [7, 11) is -8.57. The van der Waals surface area contributed by atoms with E-state index in [1.165, 1.54) is 77.0 Å². The van der Waals surface area contributed by atoms with E-state index in [2.05, 4.69) is 13.8 Å². The first-order valence-electron chi connectivity index (χ1n) is 19.1. The third-order valence-corrected chi connectivity index (χ3v) is 9.46. The maximum absolute atomic E-state index is 10.9. The van der Waals surface area contributed by atoms with Gasteiger partial charge in [0.1, 0.15) is 12.2 Å². The van der Waals surface area contributed by atoms with E-state index in [1.807, 2.05) is 12.2 Å². The Balaban J connectivity index is -0.0000120. The molecule has 12 nitrogen and oxygen atoms in total. The van der Waals surface area contributed by atoms with Crippen LogP contribution in [0.15, 0.2) is 12.2 Å². The summed E-state index contributed by atoms with van der Waals surface area (Å²) in [4.78, 5) is 0. The van der Waals surface area contributed by atoms with Gasteiger partial charge in [0, 0.05) is 37.9 Å². The maximum atomic E-state index is 10.9. The van der Waals surface area contributed by atoms with Gasteiger partial charge in [0.2, 0.25) is 0 Å². The molecule has 52 heavy (non-hydrogen) atoms. The summed E-state index contributed by atoms with van der Waals surface area (Å²) in [6, 6.07) is 0. The van der Waals surface area contributed by atoms with Crippen molar-refractivity contribution < 1.29 is 113 Å². The van der Waals surface area contributed by atoms with Crippen LogP contribution in [0.5, 0.6) is 0 Å². The van der Waals surface area contributed by atoms with Crippen LogP contribution >= 0.6 is 0 Å². The number of hydrogen-bond donors (Lipinski definition) is 0. The third kappa shape index (κ3) is 47.5. The van der Waals surface area contributed by atoms with Gasteiger partial charge in [0.15, 0.2) is 0 Å². The minimum Gasteiger partial charge on any atom is -0.748 e. The van der Waals surface area contributed by atoms with Gasteiger partial charge in [0.25, 0.3) is 0 Å². The van der Waals surface area contributed by atoms with Gasteiger partial charge in [-0.2, -0.15) is 0 Å². The fourth-order valence-electron chi connectivity index (χ4n) is 5.04. The summed E-state index contributed by atoms with van der Waals surface area (Å²) in [6.07, 6.45) is 22.4. The zero-order valence-electron chi connectivity index (χ0n) is 33.2. The standard InChI is InChI=1S/C36H72O12S2.2Na/c1-3-5-7-9-11-13-15-17-23-43-31-35(47-27-21-29-49(37,38)39)33-45-25-19-20-26-46-34-36(48-28-22-30-50(40,41)42)32-44-24-18-16-14-12-10-8-6-4-2;;/h19-20,35-36H,3-18,21-34H2,1-2H3,(H,37,38,39)(H,40,41,42);;/q;2*+1/p-2/b20-19-;;. The molecule has 0 heterocycles. The van der Waals surface area contributed by atoms with E-state index >= 15 is 0 Å². The number of hydrogen-bond acceptors (Lipinski definition) is 12. The van der Waals surface area contributed by atoms with Crippen LogP contribution in [0.1, 0.15) is 129 Å². The first-order valence-corrected chi connectivity index (χ1v) is 22.3. The Kier molecular flexibility index (Phi) is 46.5. The summed E-state index contributed by atoms with van der Waals surface area (Å²) in [6.45, 7) is 7.66. The summed E-state index contributed by atoms with van der Waals surface area (Å²) in [5.41, 5.74) is 0. The fraction of sp³-hybridized carbons (Fsp3) is 0.944. The Hall–Kier alpha value is 1.32. The van der Waals surface area contributed by atoms with Crippen molar-refractivity contribution >= 4 is 20.2 Å². The average molecular weight is 805 g/mol. The van der Waals surface area contributed by atoms with Gasteiger partial charge >= 0.3 is 59.1 Å². The quantitative estimate of drug-likeness (QED) is 0.0366. The second-order valence-electron chi connectivity index (χ2n) is 12.9. The van der Waals surface area contributed by atoms with E-state index in [4.69, 9.17) is 28.4 Å². The van der Waals surface area contributed by atoms with E-state index in [1.54, 1.807) is 0 Å². The largest absolute Gasteiger partial charge is 1.00 e. The van der Waals surface area contributed by atoms with Crippen LogP contribution in [0, 0.1) is 0 Å². The molecule has 2 atom stereocenters. The molecule has 0 saturated carbocycles. The van der Waals surface area contributed by atoms with Gasteiger partial charge in [0.05, 0.1) is 59.9 Å². The third-order valence-electron chi connectivity index (χ3n) is 7.88. The summed E-state index contributed by atoms with van der Waals surface area (Å²) in [5, 5.41) is 0. The predicted molar refractivity (Wildman–Crippen MR) is 195 cm³/mol.